The molecule has 3 aromatic rings. The number of nitrogens with zero attached hydrogens (tertiary/aromatic N) is 4. The summed E-state index contributed by atoms with van der Waals surface area (Å²) in [6, 6.07) is 5.48. The number of pyridine rings is 2. The van der Waals surface area contributed by atoms with Crippen molar-refractivity contribution in [2.75, 3.05) is 31.2 Å². The molecule has 0 radical (unpaired) electrons. The topological polar surface area (TPSA) is 97.1 Å². The van der Waals surface area contributed by atoms with Crippen molar-refractivity contribution in [3.8, 4) is 0 Å². The molecule has 140 valence electrons. The molecule has 5 rings (SSSR count). The molecule has 2 fully saturated rings. The Hall–Kier alpha value is -2.74. The van der Waals surface area contributed by atoms with E-state index in [9.17, 15) is 4.79 Å². The zero-order chi connectivity index (χ0) is 18.4. The van der Waals surface area contributed by atoms with Crippen molar-refractivity contribution in [3.63, 3.8) is 0 Å². The van der Waals surface area contributed by atoms with Crippen LogP contribution in [0.4, 0.5) is 5.69 Å². The number of nitrogens with one attached hydrogen (secondary N) is 1. The molecule has 0 amide bonds. The van der Waals surface area contributed by atoms with Crippen molar-refractivity contribution in [3.05, 3.63) is 46.5 Å². The van der Waals surface area contributed by atoms with E-state index >= 15 is 0 Å². The molecule has 5 heterocycles. The number of aromatic amines is 1. The first-order valence-corrected chi connectivity index (χ1v) is 9.27. The van der Waals surface area contributed by atoms with Crippen LogP contribution >= 0.6 is 0 Å². The molecular formula is C19H21N5O3. The first-order valence-electron chi connectivity index (χ1n) is 9.27. The predicted octanol–water partition coefficient (Wildman–Crippen LogP) is 1.98. The molecule has 0 aliphatic carbocycles. The Morgan fingerprint density at radius 1 is 1.26 bits per heavy atom. The normalized spacial score (nSPS) is 20.0. The summed E-state index contributed by atoms with van der Waals surface area (Å²) in [5, 5.41) is 9.56. The lowest BCUT2D eigenvalue weighted by atomic mass is 9.81. The third-order valence-corrected chi connectivity index (χ3v) is 5.54. The fraction of sp³-hybridized carbons (Fsp3) is 0.474. The molecule has 2 aliphatic heterocycles. The zero-order valence-electron chi connectivity index (χ0n) is 15.1. The van der Waals surface area contributed by atoms with Crippen molar-refractivity contribution in [1.82, 2.24) is 20.2 Å². The van der Waals surface area contributed by atoms with Crippen LogP contribution in [0.3, 0.4) is 0 Å². The Morgan fingerprint density at radius 3 is 2.89 bits per heavy atom. The highest BCUT2D eigenvalue weighted by Gasteiger charge is 2.45. The third kappa shape index (κ3) is 2.80. The van der Waals surface area contributed by atoms with Gasteiger partial charge in [-0.25, -0.2) is 4.98 Å². The Kier molecular flexibility index (Phi) is 3.75. The maximum absolute atomic E-state index is 12.0. The molecule has 0 atom stereocenters. The molecular weight excluding hydrogens is 346 g/mol. The van der Waals surface area contributed by atoms with Crippen LogP contribution in [-0.2, 0) is 10.2 Å². The monoisotopic (exact) mass is 367 g/mol. The molecule has 1 N–H and O–H groups in total. The summed E-state index contributed by atoms with van der Waals surface area (Å²) in [4.78, 5) is 21.2. The molecule has 8 heteroatoms. The minimum Gasteiger partial charge on any atom is -0.424 e. The van der Waals surface area contributed by atoms with Crippen molar-refractivity contribution in [1.29, 1.82) is 0 Å². The smallest absolute Gasteiger partial charge is 0.251 e. The van der Waals surface area contributed by atoms with Gasteiger partial charge in [0.25, 0.3) is 5.56 Å². The maximum Gasteiger partial charge on any atom is 0.251 e. The van der Waals surface area contributed by atoms with E-state index in [1.54, 1.807) is 12.3 Å². The Labute approximate surface area is 155 Å². The first-order chi connectivity index (χ1) is 13.1. The van der Waals surface area contributed by atoms with Crippen LogP contribution in [0, 0.1) is 0 Å². The SMILES string of the molecule is CC1(c2nnc(C3CCOCC3)o2)CN(c2cc(=O)[nH]c3ncccc23)C1. The van der Waals surface area contributed by atoms with Crippen LogP contribution in [0.15, 0.2) is 33.6 Å². The summed E-state index contributed by atoms with van der Waals surface area (Å²) in [7, 11) is 0. The average Bonchev–Trinajstić information content (AvgIpc) is 3.16. The second-order valence-corrected chi connectivity index (χ2v) is 7.67. The summed E-state index contributed by atoms with van der Waals surface area (Å²) in [5.74, 6) is 1.69. The van der Waals surface area contributed by atoms with Gasteiger partial charge < -0.3 is 19.0 Å². The van der Waals surface area contributed by atoms with Gasteiger partial charge in [-0.1, -0.05) is 0 Å². The number of H-pyrrole nitrogens is 1. The third-order valence-electron chi connectivity index (χ3n) is 5.54. The van der Waals surface area contributed by atoms with Gasteiger partial charge in [-0.2, -0.15) is 0 Å². The molecule has 2 aliphatic rings. The molecule has 2 saturated heterocycles. The van der Waals surface area contributed by atoms with Crippen LogP contribution in [0.25, 0.3) is 11.0 Å². The number of fused-ring (bicyclic) bond motifs is 1. The van der Waals surface area contributed by atoms with Gasteiger partial charge in [0.05, 0.1) is 11.1 Å². The zero-order valence-corrected chi connectivity index (χ0v) is 15.1. The average molecular weight is 367 g/mol. The lowest BCUT2D eigenvalue weighted by Gasteiger charge is -2.47. The Bertz CT molecular complexity index is 1030. The fourth-order valence-corrected chi connectivity index (χ4v) is 4.02. The first kappa shape index (κ1) is 16.4. The lowest BCUT2D eigenvalue weighted by molar-refractivity contribution is 0.0785. The van der Waals surface area contributed by atoms with Gasteiger partial charge in [0.1, 0.15) is 5.65 Å². The summed E-state index contributed by atoms with van der Waals surface area (Å²) in [6.45, 7) is 5.05. The van der Waals surface area contributed by atoms with Gasteiger partial charge in [0.2, 0.25) is 11.8 Å². The van der Waals surface area contributed by atoms with Crippen molar-refractivity contribution in [2.24, 2.45) is 0 Å². The number of hydrogen-bond acceptors (Lipinski definition) is 7. The summed E-state index contributed by atoms with van der Waals surface area (Å²) < 4.78 is 11.4. The standard InChI is InChI=1S/C19H21N5O3/c1-19(18-23-22-17(27-18)12-4-7-26-8-5-12)10-24(11-19)14-9-15(25)21-16-13(14)3-2-6-20-16/h2-3,6,9,12H,4-5,7-8,10-11H2,1H3,(H,20,21,25). The predicted molar refractivity (Wildman–Crippen MR) is 99.0 cm³/mol. The summed E-state index contributed by atoms with van der Waals surface area (Å²) in [6.07, 6.45) is 3.53. The van der Waals surface area contributed by atoms with Crippen LogP contribution in [0.5, 0.6) is 0 Å². The van der Waals surface area contributed by atoms with E-state index in [0.717, 1.165) is 56.1 Å². The van der Waals surface area contributed by atoms with E-state index in [2.05, 4.69) is 32.0 Å². The number of hydrogen-bond donors (Lipinski definition) is 1. The van der Waals surface area contributed by atoms with E-state index in [1.165, 1.54) is 0 Å². The molecule has 0 saturated carbocycles. The molecule has 27 heavy (non-hydrogen) atoms. The van der Waals surface area contributed by atoms with E-state index in [1.807, 2.05) is 12.1 Å². The van der Waals surface area contributed by atoms with E-state index < -0.39 is 0 Å². The summed E-state index contributed by atoms with van der Waals surface area (Å²) >= 11 is 0. The van der Waals surface area contributed by atoms with Gasteiger partial charge in [0.15, 0.2) is 0 Å². The fourth-order valence-electron chi connectivity index (χ4n) is 4.02. The van der Waals surface area contributed by atoms with Crippen LogP contribution in [0.1, 0.15) is 37.5 Å². The molecule has 0 unspecified atom stereocenters. The molecule has 0 bridgehead atoms. The Balaban J connectivity index is 1.38. The summed E-state index contributed by atoms with van der Waals surface area (Å²) in [5.41, 5.74) is 1.13. The lowest BCUT2D eigenvalue weighted by Crippen LogP contribution is -2.58. The van der Waals surface area contributed by atoms with Crippen LogP contribution in [-0.4, -0.2) is 46.5 Å². The number of ether oxygens (including phenoxy) is 1. The number of anilines is 1. The van der Waals surface area contributed by atoms with Crippen molar-refractivity contribution >= 4 is 16.7 Å². The van der Waals surface area contributed by atoms with E-state index in [4.69, 9.17) is 9.15 Å². The van der Waals surface area contributed by atoms with E-state index in [0.29, 0.717) is 17.5 Å². The van der Waals surface area contributed by atoms with Gasteiger partial charge in [-0.15, -0.1) is 10.2 Å². The van der Waals surface area contributed by atoms with Gasteiger partial charge in [-0.05, 0) is 31.9 Å². The molecule has 3 aromatic heterocycles. The van der Waals surface area contributed by atoms with Crippen molar-refractivity contribution in [2.45, 2.75) is 31.1 Å². The van der Waals surface area contributed by atoms with Gasteiger partial charge in [-0.3, -0.25) is 4.79 Å². The minimum atomic E-state index is -0.215. The highest BCUT2D eigenvalue weighted by molar-refractivity contribution is 5.89. The maximum atomic E-state index is 12.0. The quantitative estimate of drug-likeness (QED) is 0.756. The number of rotatable bonds is 3. The number of aromatic nitrogens is 4. The van der Waals surface area contributed by atoms with Gasteiger partial charge >= 0.3 is 0 Å². The minimum absolute atomic E-state index is 0.149. The molecule has 8 nitrogen and oxygen atoms in total. The van der Waals surface area contributed by atoms with Crippen LogP contribution < -0.4 is 10.5 Å². The largest absolute Gasteiger partial charge is 0.424 e. The van der Waals surface area contributed by atoms with Gasteiger partial charge in [0, 0.05) is 49.9 Å². The van der Waals surface area contributed by atoms with E-state index in [-0.39, 0.29) is 11.0 Å². The van der Waals surface area contributed by atoms with Crippen molar-refractivity contribution < 1.29 is 9.15 Å². The molecule has 0 spiro atoms. The second kappa shape index (κ2) is 6.16. The highest BCUT2D eigenvalue weighted by atomic mass is 16.5. The highest BCUT2D eigenvalue weighted by Crippen LogP contribution is 2.39. The van der Waals surface area contributed by atoms with Crippen LogP contribution in [0.2, 0.25) is 0 Å². The Morgan fingerprint density at radius 2 is 2.07 bits per heavy atom. The molecule has 0 aromatic carbocycles. The second-order valence-electron chi connectivity index (χ2n) is 7.67.